The molecule has 16 nitrogen and oxygen atoms in total. The Labute approximate surface area is 315 Å². The third kappa shape index (κ3) is 10.2. The number of nitrogens with one attached hydrogen (secondary N) is 2. The second kappa shape index (κ2) is 18.9. The van der Waals surface area contributed by atoms with Crippen molar-refractivity contribution in [3.63, 3.8) is 0 Å². The monoisotopic (exact) mass is 742 g/mol. The summed E-state index contributed by atoms with van der Waals surface area (Å²) in [4.78, 5) is 31.9. The zero-order valence-electron chi connectivity index (χ0n) is 31.1. The van der Waals surface area contributed by atoms with Crippen LogP contribution in [0, 0.1) is 11.8 Å². The topological polar surface area (TPSA) is 219 Å². The minimum Gasteiger partial charge on any atom is -0.481 e. The second-order valence-electron chi connectivity index (χ2n) is 14.8. The molecule has 5 atom stereocenters. The van der Waals surface area contributed by atoms with Crippen molar-refractivity contribution in [3.05, 3.63) is 71.3 Å². The molecule has 0 spiro atoms. The van der Waals surface area contributed by atoms with E-state index in [9.17, 15) is 19.8 Å². The van der Waals surface area contributed by atoms with Gasteiger partial charge in [-0.3, -0.25) is 14.5 Å². The van der Waals surface area contributed by atoms with E-state index in [-0.39, 0.29) is 12.0 Å². The molecule has 0 unspecified atom stereocenters. The summed E-state index contributed by atoms with van der Waals surface area (Å²) in [6.07, 6.45) is 6.69. The van der Waals surface area contributed by atoms with Crippen molar-refractivity contribution in [1.29, 1.82) is 0 Å². The van der Waals surface area contributed by atoms with Crippen LogP contribution in [0.1, 0.15) is 86.5 Å². The smallest absolute Gasteiger partial charge is 0.307 e. The van der Waals surface area contributed by atoms with Gasteiger partial charge in [0.1, 0.15) is 0 Å². The number of hydrogen-bond acceptors (Lipinski definition) is 12. The van der Waals surface area contributed by atoms with E-state index in [0.29, 0.717) is 37.3 Å². The number of aliphatic carboxylic acids is 2. The summed E-state index contributed by atoms with van der Waals surface area (Å²) in [5.41, 5.74) is 10.6. The lowest BCUT2D eigenvalue weighted by molar-refractivity contribution is -0.144. The molecule has 6 N–H and O–H groups in total. The number of nitrogens with zero attached hydrogens (tertiary/aromatic N) is 9. The number of tetrazole rings is 2. The first-order valence-electron chi connectivity index (χ1n) is 19.4. The van der Waals surface area contributed by atoms with E-state index in [0.717, 1.165) is 100 Å². The minimum atomic E-state index is -0.841. The molecule has 0 amide bonds. The maximum atomic E-state index is 12.6. The zero-order valence-corrected chi connectivity index (χ0v) is 31.1. The molecule has 0 aliphatic carbocycles. The summed E-state index contributed by atoms with van der Waals surface area (Å²) in [6, 6.07) is 16.9. The van der Waals surface area contributed by atoms with E-state index in [2.05, 4.69) is 104 Å². The van der Waals surface area contributed by atoms with Gasteiger partial charge in [-0.2, -0.15) is 10.4 Å². The summed E-state index contributed by atoms with van der Waals surface area (Å²) in [7, 11) is 0. The maximum absolute atomic E-state index is 12.6. The van der Waals surface area contributed by atoms with Crippen molar-refractivity contribution in [1.82, 2.24) is 46.1 Å². The van der Waals surface area contributed by atoms with E-state index in [4.69, 9.17) is 5.73 Å². The van der Waals surface area contributed by atoms with Gasteiger partial charge in [-0.1, -0.05) is 54.5 Å². The first kappa shape index (κ1) is 38.8. The van der Waals surface area contributed by atoms with Crippen molar-refractivity contribution >= 4 is 23.3 Å². The molecule has 2 aromatic heterocycles. The predicted molar refractivity (Wildman–Crippen MR) is 203 cm³/mol. The molecule has 6 rings (SSSR count). The van der Waals surface area contributed by atoms with Gasteiger partial charge in [-0.25, -0.2) is 0 Å². The lowest BCUT2D eigenvalue weighted by atomic mass is 9.83. The van der Waals surface area contributed by atoms with Gasteiger partial charge in [0.2, 0.25) is 0 Å². The first-order valence-corrected chi connectivity index (χ1v) is 19.4. The van der Waals surface area contributed by atoms with Crippen LogP contribution in [0.2, 0.25) is 0 Å². The van der Waals surface area contributed by atoms with Gasteiger partial charge in [-0.05, 0) is 86.9 Å². The second-order valence-corrected chi connectivity index (χ2v) is 14.8. The molecule has 54 heavy (non-hydrogen) atoms. The average molecular weight is 743 g/mol. The standard InChI is InChI=1S/C38H54N12O4/c1-2-6-31(37(51)52)33(35-40-44-45-41-35)23-26-9-13-29(14-10-26)49-21-19-48(20-22-49)17-4-3-8-32(38(53)54)34(36-42-46-47-43-36)24-27-11-15-30(16-12-27)50-18-5-7-28(39)25-50/h9-16,28,31-34H,2-8,17-25,39H2,1H3,(H,51,52)(H,53,54)(H,40,41,44,45)(H,42,43,46,47)/t28-,31-,32-,33-,34-/m0/s1. The highest BCUT2D eigenvalue weighted by Gasteiger charge is 2.34. The third-order valence-corrected chi connectivity index (χ3v) is 11.2. The molecule has 0 bridgehead atoms. The highest BCUT2D eigenvalue weighted by molar-refractivity contribution is 5.71. The van der Waals surface area contributed by atoms with E-state index in [1.54, 1.807) is 0 Å². The number of carbonyl (C=O) groups is 2. The molecule has 2 aliphatic rings. The zero-order chi connectivity index (χ0) is 37.9. The molecule has 16 heteroatoms. The number of piperazine rings is 1. The SMILES string of the molecule is CCC[C@H](C(=O)O)[C@H](Cc1ccc(N2CCN(CCCC[C@H](C(=O)O)[C@H](Cc3ccc(N4CCC[C@H](N)C4)cc3)c3nn[nH]n3)CC2)cc1)c1nn[nH]n1. The number of unbranched alkanes of at least 4 members (excludes halogenated alkanes) is 1. The highest BCUT2D eigenvalue weighted by atomic mass is 16.4. The van der Waals surface area contributed by atoms with Crippen LogP contribution in [0.25, 0.3) is 0 Å². The Morgan fingerprint density at radius 2 is 1.30 bits per heavy atom. The number of aromatic nitrogens is 8. The molecular weight excluding hydrogens is 688 g/mol. The molecule has 2 fully saturated rings. The van der Waals surface area contributed by atoms with Gasteiger partial charge in [0.25, 0.3) is 0 Å². The molecule has 2 saturated heterocycles. The fraction of sp³-hybridized carbons (Fsp3) is 0.579. The maximum Gasteiger partial charge on any atom is 0.307 e. The van der Waals surface area contributed by atoms with Crippen molar-refractivity contribution in [3.8, 4) is 0 Å². The van der Waals surface area contributed by atoms with Crippen molar-refractivity contribution in [2.24, 2.45) is 17.6 Å². The molecule has 4 heterocycles. The number of H-pyrrole nitrogens is 2. The quantitative estimate of drug-likeness (QED) is 0.0869. The first-order chi connectivity index (χ1) is 26.3. The van der Waals surface area contributed by atoms with Crippen molar-refractivity contribution in [2.45, 2.75) is 82.6 Å². The van der Waals surface area contributed by atoms with Crippen LogP contribution in [0.15, 0.2) is 48.5 Å². The van der Waals surface area contributed by atoms with Crippen molar-refractivity contribution < 1.29 is 19.8 Å². The Hall–Kier alpha value is -4.96. The summed E-state index contributed by atoms with van der Waals surface area (Å²) in [5, 5.41) is 49.4. The normalized spacial score (nSPS) is 19.0. The predicted octanol–water partition coefficient (Wildman–Crippen LogP) is 3.49. The number of piperidine rings is 1. The number of carboxylic acid groups (broad SMARTS) is 2. The summed E-state index contributed by atoms with van der Waals surface area (Å²) >= 11 is 0. The number of benzene rings is 2. The fourth-order valence-electron chi connectivity index (χ4n) is 8.15. The molecule has 2 aliphatic heterocycles. The Kier molecular flexibility index (Phi) is 13.5. The highest BCUT2D eigenvalue weighted by Crippen LogP contribution is 2.33. The van der Waals surface area contributed by atoms with Crippen LogP contribution in [0.3, 0.4) is 0 Å². The Morgan fingerprint density at radius 1 is 0.759 bits per heavy atom. The van der Waals surface area contributed by atoms with E-state index in [1.807, 2.05) is 6.92 Å². The lowest BCUT2D eigenvalue weighted by Crippen LogP contribution is -2.46. The molecule has 290 valence electrons. The molecule has 2 aromatic carbocycles. The number of aromatic amines is 2. The van der Waals surface area contributed by atoms with Crippen LogP contribution in [-0.2, 0) is 22.4 Å². The van der Waals surface area contributed by atoms with Crippen molar-refractivity contribution in [2.75, 3.05) is 55.6 Å². The van der Waals surface area contributed by atoms with E-state index < -0.39 is 29.7 Å². The van der Waals surface area contributed by atoms with Crippen LogP contribution in [0.5, 0.6) is 0 Å². The lowest BCUT2D eigenvalue weighted by Gasteiger charge is -2.36. The number of nitrogens with two attached hydrogens (primary N) is 1. The van der Waals surface area contributed by atoms with E-state index in [1.165, 1.54) is 0 Å². The molecule has 0 radical (unpaired) electrons. The van der Waals surface area contributed by atoms with Crippen LogP contribution < -0.4 is 15.5 Å². The molecule has 4 aromatic rings. The van der Waals surface area contributed by atoms with Crippen LogP contribution in [0.4, 0.5) is 11.4 Å². The molecule has 0 saturated carbocycles. The van der Waals surface area contributed by atoms with Gasteiger partial charge in [0.15, 0.2) is 11.6 Å². The average Bonchev–Trinajstić information content (AvgIpc) is 3.92. The van der Waals surface area contributed by atoms with E-state index >= 15 is 0 Å². The summed E-state index contributed by atoms with van der Waals surface area (Å²) < 4.78 is 0. The van der Waals surface area contributed by atoms with Gasteiger partial charge in [0, 0.05) is 68.5 Å². The number of anilines is 2. The minimum absolute atomic E-state index is 0.189. The van der Waals surface area contributed by atoms with Crippen LogP contribution in [-0.4, -0.2) is 120 Å². The summed E-state index contributed by atoms with van der Waals surface area (Å²) in [6.45, 7) is 8.36. The van der Waals surface area contributed by atoms with Gasteiger partial charge < -0.3 is 25.7 Å². The fourth-order valence-corrected chi connectivity index (χ4v) is 8.15. The van der Waals surface area contributed by atoms with Gasteiger partial charge in [-0.15, -0.1) is 20.4 Å². The number of hydrogen-bond donors (Lipinski definition) is 5. The summed E-state index contributed by atoms with van der Waals surface area (Å²) in [5.74, 6) is -2.80. The number of rotatable bonds is 19. The van der Waals surface area contributed by atoms with Gasteiger partial charge >= 0.3 is 11.9 Å². The largest absolute Gasteiger partial charge is 0.481 e. The number of carboxylic acids is 2. The Bertz CT molecular complexity index is 1710. The van der Waals surface area contributed by atoms with Gasteiger partial charge in [0.05, 0.1) is 11.8 Å². The Morgan fingerprint density at radius 3 is 1.78 bits per heavy atom. The van der Waals surface area contributed by atoms with Crippen LogP contribution >= 0.6 is 0 Å². The molecular formula is C38H54N12O4. The third-order valence-electron chi connectivity index (χ3n) is 11.2. The Balaban J connectivity index is 0.976.